The third-order valence-electron chi connectivity index (χ3n) is 3.50. The summed E-state index contributed by atoms with van der Waals surface area (Å²) in [6.45, 7) is 4.11. The van der Waals surface area contributed by atoms with Crippen LogP contribution in [-0.2, 0) is 6.54 Å². The summed E-state index contributed by atoms with van der Waals surface area (Å²) in [7, 11) is 0. The molecule has 0 bridgehead atoms. The molecule has 4 heteroatoms. The number of hydrogen-bond acceptors (Lipinski definition) is 3. The molecule has 0 radical (unpaired) electrons. The Labute approximate surface area is 123 Å². The zero-order valence-electron chi connectivity index (χ0n) is 11.7. The molecular formula is C16H19FN2S. The molecule has 1 aromatic heterocycles. The standard InChI is InChI=1S/C16H19FN2S/c1-2-9-18-10-14-15(11-3-4-11)19-16(20-14)12-5-7-13(17)8-6-12/h5-8,11,18H,2-4,9-10H2,1H3. The average Bonchev–Trinajstić information content (AvgIpc) is 3.21. The van der Waals surface area contributed by atoms with E-state index < -0.39 is 0 Å². The lowest BCUT2D eigenvalue weighted by atomic mass is 10.2. The van der Waals surface area contributed by atoms with Crippen LogP contribution in [0.5, 0.6) is 0 Å². The van der Waals surface area contributed by atoms with Crippen LogP contribution >= 0.6 is 11.3 Å². The van der Waals surface area contributed by atoms with Crippen molar-refractivity contribution in [3.8, 4) is 10.6 Å². The number of halogens is 1. The minimum absolute atomic E-state index is 0.197. The van der Waals surface area contributed by atoms with Gasteiger partial charge in [-0.05, 0) is 50.1 Å². The molecule has 0 unspecified atom stereocenters. The molecule has 1 aromatic carbocycles. The second-order valence-electron chi connectivity index (χ2n) is 5.29. The van der Waals surface area contributed by atoms with Crippen LogP contribution < -0.4 is 5.32 Å². The highest BCUT2D eigenvalue weighted by Gasteiger charge is 2.29. The Bertz CT molecular complexity index is 573. The zero-order chi connectivity index (χ0) is 13.9. The first-order chi connectivity index (χ1) is 9.78. The predicted octanol–water partition coefficient (Wildman–Crippen LogP) is 4.33. The van der Waals surface area contributed by atoms with Crippen molar-refractivity contribution in [3.63, 3.8) is 0 Å². The molecule has 2 aromatic rings. The SMILES string of the molecule is CCCNCc1sc(-c2ccc(F)cc2)nc1C1CC1. The minimum Gasteiger partial charge on any atom is -0.312 e. The molecule has 1 saturated carbocycles. The largest absolute Gasteiger partial charge is 0.312 e. The van der Waals surface area contributed by atoms with Crippen LogP contribution in [0.3, 0.4) is 0 Å². The Hall–Kier alpha value is -1.26. The molecular weight excluding hydrogens is 271 g/mol. The van der Waals surface area contributed by atoms with Crippen LogP contribution in [0.2, 0.25) is 0 Å². The third-order valence-corrected chi connectivity index (χ3v) is 4.62. The fourth-order valence-electron chi connectivity index (χ4n) is 2.26. The van der Waals surface area contributed by atoms with Crippen LogP contribution in [0.1, 0.15) is 42.7 Å². The lowest BCUT2D eigenvalue weighted by Gasteiger charge is -2.01. The highest BCUT2D eigenvalue weighted by atomic mass is 32.1. The van der Waals surface area contributed by atoms with Gasteiger partial charge in [0.1, 0.15) is 10.8 Å². The van der Waals surface area contributed by atoms with Crippen molar-refractivity contribution in [1.29, 1.82) is 0 Å². The molecule has 0 aliphatic heterocycles. The molecule has 106 valence electrons. The fourth-order valence-corrected chi connectivity index (χ4v) is 3.38. The van der Waals surface area contributed by atoms with Gasteiger partial charge in [-0.2, -0.15) is 0 Å². The Balaban J connectivity index is 1.84. The van der Waals surface area contributed by atoms with E-state index in [4.69, 9.17) is 4.98 Å². The van der Waals surface area contributed by atoms with Crippen LogP contribution in [-0.4, -0.2) is 11.5 Å². The zero-order valence-corrected chi connectivity index (χ0v) is 12.5. The molecule has 0 atom stereocenters. The molecule has 3 rings (SSSR count). The van der Waals surface area contributed by atoms with Gasteiger partial charge in [0, 0.05) is 22.9 Å². The van der Waals surface area contributed by atoms with Crippen molar-refractivity contribution in [3.05, 3.63) is 40.7 Å². The Kier molecular flexibility index (Phi) is 4.13. The number of hydrogen-bond donors (Lipinski definition) is 1. The monoisotopic (exact) mass is 290 g/mol. The highest BCUT2D eigenvalue weighted by molar-refractivity contribution is 7.15. The minimum atomic E-state index is -0.197. The third kappa shape index (κ3) is 3.07. The molecule has 0 amide bonds. The molecule has 1 fully saturated rings. The number of thiazole rings is 1. The number of nitrogens with one attached hydrogen (secondary N) is 1. The number of aromatic nitrogens is 1. The molecule has 1 aliphatic carbocycles. The van der Waals surface area contributed by atoms with E-state index in [9.17, 15) is 4.39 Å². The van der Waals surface area contributed by atoms with Crippen molar-refractivity contribution < 1.29 is 4.39 Å². The van der Waals surface area contributed by atoms with Gasteiger partial charge in [-0.1, -0.05) is 6.92 Å². The van der Waals surface area contributed by atoms with Crippen molar-refractivity contribution in [2.45, 2.75) is 38.6 Å². The average molecular weight is 290 g/mol. The summed E-state index contributed by atoms with van der Waals surface area (Å²) < 4.78 is 13.0. The van der Waals surface area contributed by atoms with Gasteiger partial charge < -0.3 is 5.32 Å². The molecule has 1 aliphatic rings. The Morgan fingerprint density at radius 1 is 1.30 bits per heavy atom. The van der Waals surface area contributed by atoms with E-state index >= 15 is 0 Å². The summed E-state index contributed by atoms with van der Waals surface area (Å²) in [6, 6.07) is 6.63. The van der Waals surface area contributed by atoms with Crippen LogP contribution in [0.4, 0.5) is 4.39 Å². The van der Waals surface area contributed by atoms with Crippen molar-refractivity contribution >= 4 is 11.3 Å². The van der Waals surface area contributed by atoms with E-state index in [1.54, 1.807) is 11.3 Å². The summed E-state index contributed by atoms with van der Waals surface area (Å²) in [5, 5.41) is 4.47. The number of benzene rings is 1. The first-order valence-electron chi connectivity index (χ1n) is 7.24. The number of rotatable bonds is 6. The maximum absolute atomic E-state index is 13.0. The van der Waals surface area contributed by atoms with Gasteiger partial charge in [-0.15, -0.1) is 11.3 Å². The van der Waals surface area contributed by atoms with Crippen LogP contribution in [0, 0.1) is 5.82 Å². The van der Waals surface area contributed by atoms with Crippen molar-refractivity contribution in [2.75, 3.05) is 6.54 Å². The van der Waals surface area contributed by atoms with Gasteiger partial charge in [-0.25, -0.2) is 9.37 Å². The normalized spacial score (nSPS) is 14.7. The van der Waals surface area contributed by atoms with Gasteiger partial charge in [-0.3, -0.25) is 0 Å². The van der Waals surface area contributed by atoms with Gasteiger partial charge in [0.15, 0.2) is 0 Å². The summed E-state index contributed by atoms with van der Waals surface area (Å²) in [5.74, 6) is 0.455. The van der Waals surface area contributed by atoms with Gasteiger partial charge in [0.25, 0.3) is 0 Å². The summed E-state index contributed by atoms with van der Waals surface area (Å²) in [4.78, 5) is 6.15. The van der Waals surface area contributed by atoms with Crippen LogP contribution in [0.25, 0.3) is 10.6 Å². The molecule has 0 saturated heterocycles. The topological polar surface area (TPSA) is 24.9 Å². The molecule has 20 heavy (non-hydrogen) atoms. The maximum Gasteiger partial charge on any atom is 0.123 e. The van der Waals surface area contributed by atoms with E-state index in [0.29, 0.717) is 5.92 Å². The molecule has 0 spiro atoms. The maximum atomic E-state index is 13.0. The summed E-state index contributed by atoms with van der Waals surface area (Å²) in [5.41, 5.74) is 2.28. The van der Waals surface area contributed by atoms with E-state index in [1.165, 1.54) is 35.5 Å². The second-order valence-corrected chi connectivity index (χ2v) is 6.37. The first-order valence-corrected chi connectivity index (χ1v) is 8.06. The van der Waals surface area contributed by atoms with Crippen molar-refractivity contribution in [1.82, 2.24) is 10.3 Å². The smallest absolute Gasteiger partial charge is 0.123 e. The Morgan fingerprint density at radius 3 is 2.70 bits per heavy atom. The second kappa shape index (κ2) is 6.02. The highest BCUT2D eigenvalue weighted by Crippen LogP contribution is 2.44. The fraction of sp³-hybridized carbons (Fsp3) is 0.438. The quantitative estimate of drug-likeness (QED) is 0.801. The lowest BCUT2D eigenvalue weighted by Crippen LogP contribution is -2.13. The van der Waals surface area contributed by atoms with E-state index in [-0.39, 0.29) is 5.82 Å². The van der Waals surface area contributed by atoms with Gasteiger partial charge in [0.2, 0.25) is 0 Å². The lowest BCUT2D eigenvalue weighted by molar-refractivity contribution is 0.628. The van der Waals surface area contributed by atoms with Crippen molar-refractivity contribution in [2.24, 2.45) is 0 Å². The molecule has 2 nitrogen and oxygen atoms in total. The summed E-state index contributed by atoms with van der Waals surface area (Å²) in [6.07, 6.45) is 3.66. The van der Waals surface area contributed by atoms with E-state index in [2.05, 4.69) is 12.2 Å². The number of nitrogens with zero attached hydrogens (tertiary/aromatic N) is 1. The van der Waals surface area contributed by atoms with E-state index in [1.807, 2.05) is 12.1 Å². The first kappa shape index (κ1) is 13.7. The summed E-state index contributed by atoms with van der Waals surface area (Å²) >= 11 is 1.74. The Morgan fingerprint density at radius 2 is 2.05 bits per heavy atom. The van der Waals surface area contributed by atoms with Gasteiger partial charge >= 0.3 is 0 Å². The van der Waals surface area contributed by atoms with E-state index in [0.717, 1.165) is 30.1 Å². The molecule has 1 heterocycles. The van der Waals surface area contributed by atoms with Gasteiger partial charge in [0.05, 0.1) is 5.69 Å². The predicted molar refractivity (Wildman–Crippen MR) is 81.5 cm³/mol. The molecule has 1 N–H and O–H groups in total. The van der Waals surface area contributed by atoms with Crippen LogP contribution in [0.15, 0.2) is 24.3 Å².